The Morgan fingerprint density at radius 3 is 2.79 bits per heavy atom. The quantitative estimate of drug-likeness (QED) is 0.781. The van der Waals surface area contributed by atoms with E-state index in [1.165, 1.54) is 23.8 Å². The van der Waals surface area contributed by atoms with Crippen LogP contribution < -0.4 is 11.5 Å². The van der Waals surface area contributed by atoms with Crippen LogP contribution in [0, 0.1) is 6.92 Å². The summed E-state index contributed by atoms with van der Waals surface area (Å²) >= 11 is 0. The average molecular weight is 327 g/mol. The Labute approximate surface area is 139 Å². The summed E-state index contributed by atoms with van der Waals surface area (Å²) in [6.45, 7) is 1.97. The second kappa shape index (κ2) is 5.51. The third kappa shape index (κ3) is 2.23. The maximum absolute atomic E-state index is 11.6. The molecule has 0 aliphatic heterocycles. The van der Waals surface area contributed by atoms with Gasteiger partial charge in [-0.25, -0.2) is 14.5 Å². The van der Waals surface area contributed by atoms with Gasteiger partial charge < -0.3 is 10.2 Å². The molecule has 24 heavy (non-hydrogen) atoms. The highest BCUT2D eigenvalue weighted by molar-refractivity contribution is 5.77. The molecule has 2 N–H and O–H groups in total. The van der Waals surface area contributed by atoms with E-state index in [0.29, 0.717) is 23.1 Å². The Balaban J connectivity index is 1.80. The van der Waals surface area contributed by atoms with E-state index in [9.17, 15) is 4.79 Å². The van der Waals surface area contributed by atoms with E-state index in [0.717, 1.165) is 29.7 Å². The van der Waals surface area contributed by atoms with Crippen molar-refractivity contribution in [2.75, 3.05) is 5.73 Å². The molecule has 4 rings (SSSR count). The lowest BCUT2D eigenvalue weighted by Crippen LogP contribution is -2.16. The van der Waals surface area contributed by atoms with Crippen molar-refractivity contribution in [3.8, 4) is 11.3 Å². The summed E-state index contributed by atoms with van der Waals surface area (Å²) in [5, 5.41) is 4.76. The monoisotopic (exact) mass is 327 g/mol. The summed E-state index contributed by atoms with van der Waals surface area (Å²) < 4.78 is 8.59. The molecule has 3 aromatic heterocycles. The van der Waals surface area contributed by atoms with Gasteiger partial charge in [-0.1, -0.05) is 19.3 Å². The van der Waals surface area contributed by atoms with Gasteiger partial charge in [0, 0.05) is 24.4 Å². The highest BCUT2D eigenvalue weighted by Gasteiger charge is 2.22. The van der Waals surface area contributed by atoms with E-state index >= 15 is 0 Å². The molecule has 0 amide bonds. The molecule has 126 valence electrons. The highest BCUT2D eigenvalue weighted by Crippen LogP contribution is 2.34. The van der Waals surface area contributed by atoms with Crippen molar-refractivity contribution < 1.29 is 4.42 Å². The first-order valence-corrected chi connectivity index (χ1v) is 8.37. The molecule has 1 aliphatic carbocycles. The van der Waals surface area contributed by atoms with Crippen LogP contribution in [0.5, 0.6) is 0 Å². The minimum atomic E-state index is -0.418. The molecule has 3 aromatic rings. The van der Waals surface area contributed by atoms with E-state index in [1.54, 1.807) is 13.2 Å². The van der Waals surface area contributed by atoms with E-state index in [-0.39, 0.29) is 0 Å². The van der Waals surface area contributed by atoms with Crippen LogP contribution in [0.15, 0.2) is 21.5 Å². The molecule has 0 unspecified atom stereocenters. The smallest absolute Gasteiger partial charge is 0.406 e. The Morgan fingerprint density at radius 2 is 2.04 bits per heavy atom. The van der Waals surface area contributed by atoms with Gasteiger partial charge in [-0.3, -0.25) is 4.57 Å². The molecule has 1 fully saturated rings. The molecule has 0 saturated heterocycles. The fourth-order valence-electron chi connectivity index (χ4n) is 3.55. The molecule has 0 aromatic carbocycles. The van der Waals surface area contributed by atoms with Crippen LogP contribution in [-0.4, -0.2) is 19.3 Å². The number of fused-ring (bicyclic) bond motifs is 1. The number of rotatable bonds is 2. The van der Waals surface area contributed by atoms with Crippen molar-refractivity contribution in [3.63, 3.8) is 0 Å². The molecule has 3 heterocycles. The molecule has 1 saturated carbocycles. The van der Waals surface area contributed by atoms with Crippen LogP contribution in [0.25, 0.3) is 22.5 Å². The minimum absolute atomic E-state index is 0.373. The topological polar surface area (TPSA) is 91.9 Å². The molecule has 1 aliphatic rings. The zero-order chi connectivity index (χ0) is 16.8. The number of oxazole rings is 1. The normalized spacial score (nSPS) is 16.1. The van der Waals surface area contributed by atoms with E-state index in [4.69, 9.17) is 15.2 Å². The molecule has 7 heteroatoms. The first-order chi connectivity index (χ1) is 11.6. The molecule has 0 bridgehead atoms. The molecule has 7 nitrogen and oxygen atoms in total. The third-order valence-corrected chi connectivity index (χ3v) is 5.01. The highest BCUT2D eigenvalue weighted by atomic mass is 16.4. The SMILES string of the molecule is Cc1c(-c2cnc3c(c2)oc(=O)n3C)nn(C2CCCCC2)c1N. The first-order valence-electron chi connectivity index (χ1n) is 8.37. The third-order valence-electron chi connectivity index (χ3n) is 5.01. The minimum Gasteiger partial charge on any atom is -0.406 e. The number of hydrogen-bond acceptors (Lipinski definition) is 5. The maximum Gasteiger partial charge on any atom is 0.420 e. The van der Waals surface area contributed by atoms with Crippen LogP contribution in [0.2, 0.25) is 0 Å². The van der Waals surface area contributed by atoms with Gasteiger partial charge in [-0.2, -0.15) is 5.10 Å². The van der Waals surface area contributed by atoms with Crippen molar-refractivity contribution >= 4 is 17.0 Å². The number of hydrogen-bond donors (Lipinski definition) is 1. The summed E-state index contributed by atoms with van der Waals surface area (Å²) in [7, 11) is 1.64. The lowest BCUT2D eigenvalue weighted by Gasteiger charge is -2.22. The number of nitrogen functional groups attached to an aromatic ring is 1. The van der Waals surface area contributed by atoms with Crippen molar-refractivity contribution in [2.24, 2.45) is 7.05 Å². The van der Waals surface area contributed by atoms with Gasteiger partial charge in [0.1, 0.15) is 5.82 Å². The summed E-state index contributed by atoms with van der Waals surface area (Å²) in [6.07, 6.45) is 7.70. The Morgan fingerprint density at radius 1 is 1.29 bits per heavy atom. The van der Waals surface area contributed by atoms with Crippen LogP contribution in [0.3, 0.4) is 0 Å². The number of nitrogens with zero attached hydrogens (tertiary/aromatic N) is 4. The summed E-state index contributed by atoms with van der Waals surface area (Å²) in [5.41, 5.74) is 9.87. The predicted octanol–water partition coefficient (Wildman–Crippen LogP) is 2.79. The van der Waals surface area contributed by atoms with E-state index in [2.05, 4.69) is 4.98 Å². The Kier molecular flexibility index (Phi) is 3.44. The molecular formula is C17H21N5O2. The van der Waals surface area contributed by atoms with Gasteiger partial charge in [0.15, 0.2) is 11.2 Å². The van der Waals surface area contributed by atoms with Crippen LogP contribution in [0.4, 0.5) is 5.82 Å². The molecular weight excluding hydrogens is 306 g/mol. The number of pyridine rings is 1. The van der Waals surface area contributed by atoms with Gasteiger partial charge in [0.2, 0.25) is 0 Å². The Bertz CT molecular complexity index is 959. The lowest BCUT2D eigenvalue weighted by molar-refractivity contribution is 0.333. The van der Waals surface area contributed by atoms with Gasteiger partial charge in [-0.05, 0) is 25.8 Å². The Hall–Kier alpha value is -2.57. The second-order valence-electron chi connectivity index (χ2n) is 6.57. The predicted molar refractivity (Wildman–Crippen MR) is 91.7 cm³/mol. The first kappa shape index (κ1) is 15.0. The number of anilines is 1. The lowest BCUT2D eigenvalue weighted by atomic mass is 9.96. The van der Waals surface area contributed by atoms with Gasteiger partial charge in [0.25, 0.3) is 0 Å². The fraction of sp³-hybridized carbons (Fsp3) is 0.471. The summed E-state index contributed by atoms with van der Waals surface area (Å²) in [6, 6.07) is 2.18. The fourth-order valence-corrected chi connectivity index (χ4v) is 3.55. The van der Waals surface area contributed by atoms with Crippen molar-refractivity contribution in [1.82, 2.24) is 19.3 Å². The number of nitrogens with two attached hydrogens (primary N) is 1. The van der Waals surface area contributed by atoms with E-state index in [1.807, 2.05) is 17.7 Å². The maximum atomic E-state index is 11.6. The molecule has 0 atom stereocenters. The molecule has 0 spiro atoms. The zero-order valence-corrected chi connectivity index (χ0v) is 14.0. The van der Waals surface area contributed by atoms with Crippen molar-refractivity contribution in [1.29, 1.82) is 0 Å². The molecule has 0 radical (unpaired) electrons. The summed E-state index contributed by atoms with van der Waals surface area (Å²) in [4.78, 5) is 16.0. The van der Waals surface area contributed by atoms with Gasteiger partial charge >= 0.3 is 5.76 Å². The largest absolute Gasteiger partial charge is 0.420 e. The van der Waals surface area contributed by atoms with Crippen LogP contribution in [-0.2, 0) is 7.05 Å². The number of aryl methyl sites for hydroxylation is 1. The van der Waals surface area contributed by atoms with Crippen LogP contribution >= 0.6 is 0 Å². The summed E-state index contributed by atoms with van der Waals surface area (Å²) in [5.74, 6) is 0.296. The number of aromatic nitrogens is 4. The van der Waals surface area contributed by atoms with Gasteiger partial charge in [-0.15, -0.1) is 0 Å². The van der Waals surface area contributed by atoms with Crippen LogP contribution in [0.1, 0.15) is 43.7 Å². The van der Waals surface area contributed by atoms with Crippen molar-refractivity contribution in [2.45, 2.75) is 45.1 Å². The van der Waals surface area contributed by atoms with E-state index < -0.39 is 5.76 Å². The second-order valence-corrected chi connectivity index (χ2v) is 6.57. The van der Waals surface area contributed by atoms with Gasteiger partial charge in [0.05, 0.1) is 11.7 Å². The zero-order valence-electron chi connectivity index (χ0n) is 14.0. The standard InChI is InChI=1S/C17H21N5O2/c1-10-14(20-22(15(10)18)12-6-4-3-5-7-12)11-8-13-16(19-9-11)21(2)17(23)24-13/h8-9,12H,3-7,18H2,1-2H3. The average Bonchev–Trinajstić information content (AvgIpc) is 3.05. The van der Waals surface area contributed by atoms with Crippen molar-refractivity contribution in [3.05, 3.63) is 28.4 Å².